The molecule has 0 aliphatic rings. The Morgan fingerprint density at radius 2 is 1.90 bits per heavy atom. The Morgan fingerprint density at radius 1 is 1.17 bits per heavy atom. The van der Waals surface area contributed by atoms with Gasteiger partial charge >= 0.3 is 0 Å². The van der Waals surface area contributed by atoms with Crippen LogP contribution in [0.1, 0.15) is 43.4 Å². The van der Waals surface area contributed by atoms with Gasteiger partial charge in [0.1, 0.15) is 11.8 Å². The first-order valence-corrected chi connectivity index (χ1v) is 10.7. The summed E-state index contributed by atoms with van der Waals surface area (Å²) in [7, 11) is 0. The van der Waals surface area contributed by atoms with Crippen molar-refractivity contribution in [2.45, 2.75) is 53.1 Å². The van der Waals surface area contributed by atoms with Gasteiger partial charge in [0.25, 0.3) is 5.91 Å². The van der Waals surface area contributed by atoms with Gasteiger partial charge in [-0.15, -0.1) is 0 Å². The maximum Gasteiger partial charge on any atom is 0.261 e. The molecule has 0 saturated heterocycles. The fourth-order valence-corrected chi connectivity index (χ4v) is 3.27. The number of hydrogen-bond donors (Lipinski definition) is 1. The molecule has 0 spiro atoms. The summed E-state index contributed by atoms with van der Waals surface area (Å²) < 4.78 is 5.80. The van der Waals surface area contributed by atoms with Crippen LogP contribution in [0.3, 0.4) is 0 Å². The highest BCUT2D eigenvalue weighted by Gasteiger charge is 2.26. The lowest BCUT2D eigenvalue weighted by Crippen LogP contribution is -2.49. The maximum absolute atomic E-state index is 13.1. The fourth-order valence-electron chi connectivity index (χ4n) is 3.05. The molecule has 0 fully saturated rings. The summed E-state index contributed by atoms with van der Waals surface area (Å²) in [6.45, 7) is 8.49. The largest absolute Gasteiger partial charge is 0.483 e. The van der Waals surface area contributed by atoms with Crippen LogP contribution in [0.2, 0.25) is 5.02 Å². The van der Waals surface area contributed by atoms with Gasteiger partial charge in [0.15, 0.2) is 6.61 Å². The van der Waals surface area contributed by atoms with Crippen molar-refractivity contribution < 1.29 is 14.3 Å². The topological polar surface area (TPSA) is 58.6 Å². The quantitative estimate of drug-likeness (QED) is 0.557. The van der Waals surface area contributed by atoms with Gasteiger partial charge in [-0.3, -0.25) is 9.59 Å². The van der Waals surface area contributed by atoms with Crippen LogP contribution in [-0.2, 0) is 16.1 Å². The van der Waals surface area contributed by atoms with Gasteiger partial charge in [0.05, 0.1) is 0 Å². The van der Waals surface area contributed by atoms with Crippen molar-refractivity contribution in [2.75, 3.05) is 13.2 Å². The summed E-state index contributed by atoms with van der Waals surface area (Å²) in [6.07, 6.45) is 1.89. The van der Waals surface area contributed by atoms with Crippen molar-refractivity contribution >= 4 is 23.4 Å². The maximum atomic E-state index is 13.1. The molecule has 0 aromatic heterocycles. The lowest BCUT2D eigenvalue weighted by atomic mass is 10.1. The average molecular weight is 431 g/mol. The van der Waals surface area contributed by atoms with E-state index >= 15 is 0 Å². The molecule has 2 aromatic rings. The molecule has 0 aliphatic carbocycles. The van der Waals surface area contributed by atoms with E-state index in [1.54, 1.807) is 19.1 Å². The minimum absolute atomic E-state index is 0.141. The molecule has 5 nitrogen and oxygen atoms in total. The summed E-state index contributed by atoms with van der Waals surface area (Å²) in [5.74, 6) is 0.241. The number of nitrogens with one attached hydrogen (secondary N) is 1. The number of carbonyl (C=O) groups excluding carboxylic acids is 2. The Kier molecular flexibility index (Phi) is 9.18. The van der Waals surface area contributed by atoms with Crippen LogP contribution in [0, 0.1) is 13.8 Å². The van der Waals surface area contributed by atoms with Gasteiger partial charge in [-0.2, -0.15) is 0 Å². The zero-order valence-corrected chi connectivity index (χ0v) is 19.0. The smallest absolute Gasteiger partial charge is 0.261 e. The first-order chi connectivity index (χ1) is 14.3. The van der Waals surface area contributed by atoms with Gasteiger partial charge in [0, 0.05) is 18.1 Å². The van der Waals surface area contributed by atoms with Crippen LogP contribution in [0.5, 0.6) is 5.75 Å². The predicted molar refractivity (Wildman–Crippen MR) is 121 cm³/mol. The number of benzene rings is 2. The van der Waals surface area contributed by atoms with Crippen LogP contribution >= 0.6 is 11.6 Å². The Labute approximate surface area is 184 Å². The van der Waals surface area contributed by atoms with Crippen molar-refractivity contribution in [1.82, 2.24) is 10.2 Å². The first-order valence-electron chi connectivity index (χ1n) is 10.3. The third kappa shape index (κ3) is 6.77. The van der Waals surface area contributed by atoms with E-state index in [9.17, 15) is 9.59 Å². The molecule has 2 aromatic carbocycles. The molecule has 30 heavy (non-hydrogen) atoms. The van der Waals surface area contributed by atoms with Crippen LogP contribution in [0.4, 0.5) is 0 Å². The van der Waals surface area contributed by atoms with Crippen LogP contribution in [-0.4, -0.2) is 35.9 Å². The molecule has 1 atom stereocenters. The third-order valence-electron chi connectivity index (χ3n) is 5.14. The zero-order valence-electron chi connectivity index (χ0n) is 18.2. The second kappa shape index (κ2) is 11.6. The molecule has 0 heterocycles. The van der Waals surface area contributed by atoms with Gasteiger partial charge < -0.3 is 15.0 Å². The van der Waals surface area contributed by atoms with E-state index in [0.29, 0.717) is 17.3 Å². The number of rotatable bonds is 10. The Bertz CT molecular complexity index is 869. The van der Waals surface area contributed by atoms with Gasteiger partial charge in [-0.25, -0.2) is 0 Å². The molecule has 0 radical (unpaired) electrons. The molecule has 0 saturated carbocycles. The molecular formula is C24H31ClN2O3. The fraction of sp³-hybridized carbons (Fsp3) is 0.417. The number of halogens is 1. The molecule has 0 bridgehead atoms. The van der Waals surface area contributed by atoms with Crippen LogP contribution < -0.4 is 10.1 Å². The molecule has 2 rings (SSSR count). The number of aryl methyl sites for hydroxylation is 1. The molecule has 2 amide bonds. The molecule has 162 valence electrons. The number of hydrogen-bond acceptors (Lipinski definition) is 3. The highest BCUT2D eigenvalue weighted by atomic mass is 35.5. The predicted octanol–water partition coefficient (Wildman–Crippen LogP) is 4.67. The number of amides is 2. The van der Waals surface area contributed by atoms with Gasteiger partial charge in [-0.1, -0.05) is 49.2 Å². The summed E-state index contributed by atoms with van der Waals surface area (Å²) in [5, 5.41) is 3.50. The van der Waals surface area contributed by atoms with Crippen molar-refractivity contribution in [2.24, 2.45) is 0 Å². The van der Waals surface area contributed by atoms with Crippen LogP contribution in [0.25, 0.3) is 0 Å². The monoisotopic (exact) mass is 430 g/mol. The van der Waals surface area contributed by atoms with E-state index in [1.807, 2.05) is 44.2 Å². The second-order valence-electron chi connectivity index (χ2n) is 7.46. The summed E-state index contributed by atoms with van der Waals surface area (Å²) >= 11 is 6.10. The highest BCUT2D eigenvalue weighted by molar-refractivity contribution is 6.30. The zero-order chi connectivity index (χ0) is 22.1. The lowest BCUT2D eigenvalue weighted by Gasteiger charge is -2.29. The minimum atomic E-state index is -0.629. The molecule has 0 unspecified atom stereocenters. The normalized spacial score (nSPS) is 11.6. The Balaban J connectivity index is 2.15. The molecular weight excluding hydrogens is 400 g/mol. The number of unbranched alkanes of at least 4 members (excludes halogenated alkanes) is 1. The van der Waals surface area contributed by atoms with E-state index in [1.165, 1.54) is 4.90 Å². The number of ether oxygens (including phenoxy) is 1. The Morgan fingerprint density at radius 3 is 2.60 bits per heavy atom. The summed E-state index contributed by atoms with van der Waals surface area (Å²) in [6, 6.07) is 12.4. The first kappa shape index (κ1) is 23.7. The summed E-state index contributed by atoms with van der Waals surface area (Å²) in [5.41, 5.74) is 2.95. The van der Waals surface area contributed by atoms with Gasteiger partial charge in [-0.05, 0) is 62.1 Å². The minimum Gasteiger partial charge on any atom is -0.483 e. The SMILES string of the molecule is CCCCNC(=O)[C@@H](C)N(Cc1cccc(Cl)c1)C(=O)COc1cccc(C)c1C. The molecule has 0 aliphatic heterocycles. The van der Waals surface area contributed by atoms with Crippen molar-refractivity contribution in [1.29, 1.82) is 0 Å². The lowest BCUT2D eigenvalue weighted by molar-refractivity contribution is -0.142. The number of carbonyl (C=O) groups is 2. The average Bonchev–Trinajstić information content (AvgIpc) is 2.72. The van der Waals surface area contributed by atoms with E-state index in [-0.39, 0.29) is 25.0 Å². The van der Waals surface area contributed by atoms with Crippen LogP contribution in [0.15, 0.2) is 42.5 Å². The van der Waals surface area contributed by atoms with E-state index < -0.39 is 6.04 Å². The standard InChI is InChI=1S/C24H31ClN2O3/c1-5-6-13-26-24(29)19(4)27(15-20-10-8-11-21(25)14-20)23(28)16-30-22-12-7-9-17(2)18(22)3/h7-12,14,19H,5-6,13,15-16H2,1-4H3,(H,26,29)/t19-/m1/s1. The highest BCUT2D eigenvalue weighted by Crippen LogP contribution is 2.21. The molecule has 1 N–H and O–H groups in total. The van der Waals surface area contributed by atoms with Crippen molar-refractivity contribution in [3.63, 3.8) is 0 Å². The summed E-state index contributed by atoms with van der Waals surface area (Å²) in [4.78, 5) is 27.2. The molecule has 6 heteroatoms. The van der Waals surface area contributed by atoms with Crippen molar-refractivity contribution in [3.05, 3.63) is 64.2 Å². The van der Waals surface area contributed by atoms with Crippen molar-refractivity contribution in [3.8, 4) is 5.75 Å². The Hall–Kier alpha value is -2.53. The van der Waals surface area contributed by atoms with E-state index in [4.69, 9.17) is 16.3 Å². The number of nitrogens with zero attached hydrogens (tertiary/aromatic N) is 1. The third-order valence-corrected chi connectivity index (χ3v) is 5.38. The second-order valence-corrected chi connectivity index (χ2v) is 7.90. The van der Waals surface area contributed by atoms with Gasteiger partial charge in [0.2, 0.25) is 5.91 Å². The van der Waals surface area contributed by atoms with E-state index in [0.717, 1.165) is 29.5 Å². The van der Waals surface area contributed by atoms with E-state index in [2.05, 4.69) is 12.2 Å².